The normalized spacial score (nSPS) is 20.6. The zero-order chi connectivity index (χ0) is 14.5. The number of nitrogens with zero attached hydrogens (tertiary/aromatic N) is 1. The SMILES string of the molecule is CCNC(CC)c1ccccc1N1CCC(C(C)C)C1. The molecule has 1 aliphatic rings. The fourth-order valence-electron chi connectivity index (χ4n) is 3.34. The lowest BCUT2D eigenvalue weighted by molar-refractivity contribution is 0.422. The molecule has 0 aromatic heterocycles. The van der Waals surface area contributed by atoms with Crippen LogP contribution in [0.5, 0.6) is 0 Å². The van der Waals surface area contributed by atoms with E-state index in [1.54, 1.807) is 0 Å². The first kappa shape index (κ1) is 15.4. The number of rotatable bonds is 6. The summed E-state index contributed by atoms with van der Waals surface area (Å²) in [7, 11) is 0. The molecule has 112 valence electrons. The molecule has 0 bridgehead atoms. The second-order valence-electron chi connectivity index (χ2n) is 6.32. The molecule has 1 aromatic carbocycles. The summed E-state index contributed by atoms with van der Waals surface area (Å²) < 4.78 is 0. The molecular formula is C18H30N2. The molecule has 2 rings (SSSR count). The van der Waals surface area contributed by atoms with Gasteiger partial charge in [0.1, 0.15) is 0 Å². The monoisotopic (exact) mass is 274 g/mol. The van der Waals surface area contributed by atoms with Gasteiger partial charge in [-0.3, -0.25) is 0 Å². The molecular weight excluding hydrogens is 244 g/mol. The van der Waals surface area contributed by atoms with Crippen LogP contribution in [0.25, 0.3) is 0 Å². The summed E-state index contributed by atoms with van der Waals surface area (Å²) in [5, 5.41) is 3.62. The Morgan fingerprint density at radius 2 is 2.00 bits per heavy atom. The van der Waals surface area contributed by atoms with Gasteiger partial charge in [-0.25, -0.2) is 0 Å². The van der Waals surface area contributed by atoms with Gasteiger partial charge >= 0.3 is 0 Å². The van der Waals surface area contributed by atoms with Gasteiger partial charge in [-0.1, -0.05) is 45.9 Å². The van der Waals surface area contributed by atoms with E-state index in [0.29, 0.717) is 6.04 Å². The van der Waals surface area contributed by atoms with E-state index in [2.05, 4.69) is 62.2 Å². The first-order valence-electron chi connectivity index (χ1n) is 8.24. The minimum absolute atomic E-state index is 0.481. The van der Waals surface area contributed by atoms with Crippen LogP contribution >= 0.6 is 0 Å². The summed E-state index contributed by atoms with van der Waals surface area (Å²) in [6.45, 7) is 12.6. The van der Waals surface area contributed by atoms with Gasteiger partial charge in [0, 0.05) is 24.8 Å². The Hall–Kier alpha value is -1.02. The Morgan fingerprint density at radius 3 is 2.60 bits per heavy atom. The van der Waals surface area contributed by atoms with Gasteiger partial charge in [0.25, 0.3) is 0 Å². The molecule has 1 aliphatic heterocycles. The number of para-hydroxylation sites is 1. The molecule has 20 heavy (non-hydrogen) atoms. The number of hydrogen-bond acceptors (Lipinski definition) is 2. The largest absolute Gasteiger partial charge is 0.371 e. The molecule has 0 radical (unpaired) electrons. The topological polar surface area (TPSA) is 15.3 Å². The van der Waals surface area contributed by atoms with Gasteiger partial charge in [-0.15, -0.1) is 0 Å². The Bertz CT molecular complexity index is 414. The lowest BCUT2D eigenvalue weighted by Crippen LogP contribution is -2.26. The van der Waals surface area contributed by atoms with Crippen molar-refractivity contribution < 1.29 is 0 Å². The quantitative estimate of drug-likeness (QED) is 0.835. The summed E-state index contributed by atoms with van der Waals surface area (Å²) in [5.74, 6) is 1.64. The summed E-state index contributed by atoms with van der Waals surface area (Å²) in [6.07, 6.45) is 2.48. The highest BCUT2D eigenvalue weighted by Gasteiger charge is 2.27. The highest BCUT2D eigenvalue weighted by atomic mass is 15.2. The predicted molar refractivity (Wildman–Crippen MR) is 88.3 cm³/mol. The van der Waals surface area contributed by atoms with Crippen molar-refractivity contribution in [2.24, 2.45) is 11.8 Å². The maximum atomic E-state index is 3.62. The van der Waals surface area contributed by atoms with Crippen molar-refractivity contribution in [2.45, 2.75) is 46.6 Å². The lowest BCUT2D eigenvalue weighted by atomic mass is 9.95. The Kier molecular flexibility index (Phi) is 5.47. The van der Waals surface area contributed by atoms with E-state index in [0.717, 1.165) is 24.8 Å². The van der Waals surface area contributed by atoms with E-state index in [1.807, 2.05) is 0 Å². The third-order valence-corrected chi connectivity index (χ3v) is 4.68. The lowest BCUT2D eigenvalue weighted by Gasteiger charge is -2.27. The van der Waals surface area contributed by atoms with Gasteiger partial charge in [0.05, 0.1) is 0 Å². The van der Waals surface area contributed by atoms with Crippen molar-refractivity contribution in [3.63, 3.8) is 0 Å². The molecule has 0 aliphatic carbocycles. The summed E-state index contributed by atoms with van der Waals surface area (Å²) in [5.41, 5.74) is 2.92. The van der Waals surface area contributed by atoms with E-state index in [9.17, 15) is 0 Å². The van der Waals surface area contributed by atoms with Crippen LogP contribution in [-0.2, 0) is 0 Å². The van der Waals surface area contributed by atoms with Crippen molar-refractivity contribution in [1.82, 2.24) is 5.32 Å². The van der Waals surface area contributed by atoms with Crippen molar-refractivity contribution in [3.05, 3.63) is 29.8 Å². The average molecular weight is 274 g/mol. The molecule has 1 aromatic rings. The van der Waals surface area contributed by atoms with Crippen LogP contribution in [0.1, 0.15) is 52.1 Å². The molecule has 1 N–H and O–H groups in total. The van der Waals surface area contributed by atoms with Crippen LogP contribution in [0.2, 0.25) is 0 Å². The van der Waals surface area contributed by atoms with Crippen molar-refractivity contribution in [2.75, 3.05) is 24.5 Å². The van der Waals surface area contributed by atoms with Crippen LogP contribution in [0.3, 0.4) is 0 Å². The Morgan fingerprint density at radius 1 is 1.25 bits per heavy atom. The molecule has 2 heteroatoms. The number of benzene rings is 1. The van der Waals surface area contributed by atoms with Crippen molar-refractivity contribution in [3.8, 4) is 0 Å². The third-order valence-electron chi connectivity index (χ3n) is 4.68. The van der Waals surface area contributed by atoms with Crippen LogP contribution in [0.4, 0.5) is 5.69 Å². The smallest absolute Gasteiger partial charge is 0.0414 e. The zero-order valence-corrected chi connectivity index (χ0v) is 13.5. The molecule has 2 atom stereocenters. The van der Waals surface area contributed by atoms with Crippen molar-refractivity contribution >= 4 is 5.69 Å². The third kappa shape index (κ3) is 3.35. The fourth-order valence-corrected chi connectivity index (χ4v) is 3.34. The Labute approximate surface area is 124 Å². The molecule has 1 heterocycles. The van der Waals surface area contributed by atoms with E-state index >= 15 is 0 Å². The fraction of sp³-hybridized carbons (Fsp3) is 0.667. The number of hydrogen-bond donors (Lipinski definition) is 1. The summed E-state index contributed by atoms with van der Waals surface area (Å²) in [6, 6.07) is 9.44. The standard InChI is InChI=1S/C18H30N2/c1-5-17(19-6-2)16-9-7-8-10-18(16)20-12-11-15(13-20)14(3)4/h7-10,14-15,17,19H,5-6,11-13H2,1-4H3. The number of nitrogens with one attached hydrogen (secondary N) is 1. The second kappa shape index (κ2) is 7.12. The van der Waals surface area contributed by atoms with E-state index in [-0.39, 0.29) is 0 Å². The minimum atomic E-state index is 0.481. The van der Waals surface area contributed by atoms with Crippen LogP contribution in [0, 0.1) is 11.8 Å². The van der Waals surface area contributed by atoms with Gasteiger partial charge in [0.15, 0.2) is 0 Å². The minimum Gasteiger partial charge on any atom is -0.371 e. The van der Waals surface area contributed by atoms with E-state index in [1.165, 1.54) is 30.8 Å². The molecule has 0 spiro atoms. The molecule has 0 amide bonds. The van der Waals surface area contributed by atoms with Crippen molar-refractivity contribution in [1.29, 1.82) is 0 Å². The summed E-state index contributed by atoms with van der Waals surface area (Å²) in [4.78, 5) is 2.60. The van der Waals surface area contributed by atoms with Crippen LogP contribution in [0.15, 0.2) is 24.3 Å². The predicted octanol–water partition coefficient (Wildman–Crippen LogP) is 4.23. The van der Waals surface area contributed by atoms with Gasteiger partial charge in [-0.2, -0.15) is 0 Å². The molecule has 2 nitrogen and oxygen atoms in total. The van der Waals surface area contributed by atoms with Gasteiger partial charge < -0.3 is 10.2 Å². The summed E-state index contributed by atoms with van der Waals surface area (Å²) >= 11 is 0. The van der Waals surface area contributed by atoms with Crippen LogP contribution in [-0.4, -0.2) is 19.6 Å². The van der Waals surface area contributed by atoms with Crippen LogP contribution < -0.4 is 10.2 Å². The second-order valence-corrected chi connectivity index (χ2v) is 6.32. The first-order chi connectivity index (χ1) is 9.67. The average Bonchev–Trinajstić information content (AvgIpc) is 2.95. The maximum absolute atomic E-state index is 3.62. The molecule has 0 saturated carbocycles. The molecule has 1 fully saturated rings. The molecule has 1 saturated heterocycles. The van der Waals surface area contributed by atoms with Gasteiger partial charge in [-0.05, 0) is 42.9 Å². The van der Waals surface area contributed by atoms with E-state index < -0.39 is 0 Å². The highest BCUT2D eigenvalue weighted by molar-refractivity contribution is 5.55. The molecule has 2 unspecified atom stereocenters. The number of anilines is 1. The zero-order valence-electron chi connectivity index (χ0n) is 13.5. The van der Waals surface area contributed by atoms with Gasteiger partial charge in [0.2, 0.25) is 0 Å². The maximum Gasteiger partial charge on any atom is 0.0414 e. The first-order valence-corrected chi connectivity index (χ1v) is 8.24. The van der Waals surface area contributed by atoms with E-state index in [4.69, 9.17) is 0 Å². The highest BCUT2D eigenvalue weighted by Crippen LogP contribution is 2.33. The Balaban J connectivity index is 2.20.